The number of aliphatic hydroxyl groups excluding tert-OH is 2. The monoisotopic (exact) mass is 1320 g/mol. The van der Waals surface area contributed by atoms with Crippen LogP contribution in [0.3, 0.4) is 0 Å². The first-order valence-corrected chi connectivity index (χ1v) is 36.6. The van der Waals surface area contributed by atoms with Crippen molar-refractivity contribution in [3.05, 3.63) is 61.3 Å². The van der Waals surface area contributed by atoms with Crippen LogP contribution in [0.1, 0.15) is 207 Å². The van der Waals surface area contributed by atoms with E-state index in [0.717, 1.165) is 73.9 Å². The predicted molar refractivity (Wildman–Crippen MR) is 339 cm³/mol. The van der Waals surface area contributed by atoms with E-state index in [2.05, 4.69) is 90.0 Å². The SMILES string of the molecule is CCCCC/C=C\C/C=C\C/C=C\C/C=C\CCCCCCCCCCCCCCCCCCCC(=O)CC(=O)SCCNC(=O)CCNC(=O)[C@H](O)C(C)(C)COP(=O)(O)OP(=O)(O)OC[C@H]1O[C@@H](n2cnc3c(N)ncnc32)[C@H](O)[C@@H]1OP(=O)(O)O. The number of hydrogen-bond donors (Lipinski definition) is 9. The van der Waals surface area contributed by atoms with Crippen LogP contribution in [0.15, 0.2) is 61.3 Å². The van der Waals surface area contributed by atoms with E-state index in [4.69, 9.17) is 19.5 Å². The van der Waals surface area contributed by atoms with E-state index < -0.39 is 84.6 Å². The van der Waals surface area contributed by atoms with Crippen molar-refractivity contribution in [1.82, 2.24) is 30.2 Å². The van der Waals surface area contributed by atoms with E-state index in [1.807, 2.05) is 0 Å². The lowest BCUT2D eigenvalue weighted by Gasteiger charge is -2.30. The van der Waals surface area contributed by atoms with Crippen molar-refractivity contribution >= 4 is 74.9 Å². The molecule has 0 saturated carbocycles. The van der Waals surface area contributed by atoms with Gasteiger partial charge in [0.2, 0.25) is 11.8 Å². The first kappa shape index (κ1) is 78.4. The van der Waals surface area contributed by atoms with Gasteiger partial charge in [-0.05, 0) is 51.4 Å². The summed E-state index contributed by atoms with van der Waals surface area (Å²) in [6, 6.07) is 0. The van der Waals surface area contributed by atoms with Gasteiger partial charge in [0, 0.05) is 37.1 Å². The lowest BCUT2D eigenvalue weighted by molar-refractivity contribution is -0.137. The van der Waals surface area contributed by atoms with Gasteiger partial charge in [-0.15, -0.1) is 0 Å². The van der Waals surface area contributed by atoms with Gasteiger partial charge in [0.05, 0.1) is 26.0 Å². The van der Waals surface area contributed by atoms with Crippen LogP contribution >= 0.6 is 35.2 Å². The molecule has 0 radical (unpaired) electrons. The summed E-state index contributed by atoms with van der Waals surface area (Å²) in [5.41, 5.74) is 4.26. The van der Waals surface area contributed by atoms with Crippen molar-refractivity contribution in [2.45, 2.75) is 231 Å². The van der Waals surface area contributed by atoms with Crippen LogP contribution < -0.4 is 16.4 Å². The number of thioether (sulfide) groups is 1. The number of anilines is 1. The Hall–Kier alpha value is -3.81. The lowest BCUT2D eigenvalue weighted by atomic mass is 9.87. The van der Waals surface area contributed by atoms with E-state index in [0.29, 0.717) is 6.42 Å². The number of fused-ring (bicyclic) bond motifs is 1. The zero-order chi connectivity index (χ0) is 64.7. The fourth-order valence-corrected chi connectivity index (χ4v) is 12.9. The van der Waals surface area contributed by atoms with Gasteiger partial charge in [-0.1, -0.05) is 190 Å². The summed E-state index contributed by atoms with van der Waals surface area (Å²) in [4.78, 5) is 101. The number of aliphatic hydroxyl groups is 2. The largest absolute Gasteiger partial charge is 0.481 e. The molecule has 10 N–H and O–H groups in total. The van der Waals surface area contributed by atoms with Gasteiger partial charge in [0.25, 0.3) is 0 Å². The van der Waals surface area contributed by atoms with Gasteiger partial charge in [0.1, 0.15) is 42.0 Å². The molecule has 0 bridgehead atoms. The van der Waals surface area contributed by atoms with Gasteiger partial charge in [0.15, 0.2) is 22.8 Å². The quantitative estimate of drug-likeness (QED) is 0.0129. The number of nitrogen functional groups attached to an aromatic ring is 1. The number of phosphoric acid groups is 3. The molecule has 1 aliphatic rings. The number of amides is 2. The molecule has 2 unspecified atom stereocenters. The normalized spacial score (nSPS) is 18.5. The molecule has 3 heterocycles. The Labute approximate surface area is 523 Å². The van der Waals surface area contributed by atoms with Gasteiger partial charge in [-0.2, -0.15) is 4.31 Å². The number of carbonyl (C=O) groups excluding carboxylic acids is 4. The number of allylic oxidation sites excluding steroid dienone is 8. The van der Waals surface area contributed by atoms with E-state index in [1.165, 1.54) is 129 Å². The fourth-order valence-electron chi connectivity index (χ4n) is 9.39. The molecule has 2 aromatic heterocycles. The second kappa shape index (κ2) is 43.9. The number of aromatic nitrogens is 4. The molecule has 0 aromatic carbocycles. The molecule has 2 amide bonds. The second-order valence-electron chi connectivity index (χ2n) is 22.6. The van der Waals surface area contributed by atoms with E-state index in [1.54, 1.807) is 0 Å². The van der Waals surface area contributed by atoms with Crippen molar-refractivity contribution < 1.29 is 85.3 Å². The van der Waals surface area contributed by atoms with Crippen molar-refractivity contribution in [3.8, 4) is 0 Å². The Bertz CT molecular complexity index is 2640. The number of hydrogen-bond acceptors (Lipinski definition) is 19. The Kier molecular flexibility index (Phi) is 39.1. The van der Waals surface area contributed by atoms with Crippen LogP contribution in [-0.4, -0.2) is 128 Å². The average molecular weight is 1320 g/mol. The van der Waals surface area contributed by atoms with E-state index >= 15 is 0 Å². The fraction of sp³-hybridized carbons (Fsp3) is 0.712. The van der Waals surface area contributed by atoms with Crippen LogP contribution in [0, 0.1) is 5.41 Å². The number of rotatable bonds is 51. The predicted octanol–water partition coefficient (Wildman–Crippen LogP) is 11.0. The number of ketones is 1. The highest BCUT2D eigenvalue weighted by Gasteiger charge is 2.50. The van der Waals surface area contributed by atoms with Crippen molar-refractivity contribution in [2.75, 3.05) is 37.8 Å². The van der Waals surface area contributed by atoms with Gasteiger partial charge >= 0.3 is 23.5 Å². The molecule has 1 fully saturated rings. The van der Waals surface area contributed by atoms with Gasteiger partial charge in [-0.25, -0.2) is 28.6 Å². The molecule has 1 aliphatic heterocycles. The number of ether oxygens (including phenoxy) is 1. The molecule has 1 saturated heterocycles. The standard InChI is InChI=1S/C59H100N7O18P3S/c1-4-5-6-7-8-9-10-11-12-13-14-15-16-17-18-19-20-21-22-23-24-25-26-27-28-29-30-31-32-33-34-35-36-37-47(67)42-50(69)88-41-40-61-49(68)38-39-62-57(72)54(71)59(2,3)44-81-87(78,79)84-86(76,77)80-43-48-53(83-85(73,74)75)52(70)58(82-48)66-46-65-51-55(60)63-45-64-56(51)66/h8-9,11-12,14-15,17-18,45-46,48,52-54,58,70-71H,4-7,10,13,16,19-44H2,1-3H3,(H,61,68)(H,62,72)(H,76,77)(H,78,79)(H2,60,63,64)(H2,73,74,75)/b9-8-,12-11-,15-14-,18-17-/t48-,52-,53-,54+,58-/m1/s1. The lowest BCUT2D eigenvalue weighted by Crippen LogP contribution is -2.46. The second-order valence-corrected chi connectivity index (χ2v) is 28.0. The summed E-state index contributed by atoms with van der Waals surface area (Å²) < 4.78 is 62.6. The van der Waals surface area contributed by atoms with Gasteiger partial charge < -0.3 is 50.9 Å². The summed E-state index contributed by atoms with van der Waals surface area (Å²) in [5, 5.41) is 26.3. The minimum atomic E-state index is -5.60. The Balaban J connectivity index is 1.13. The first-order valence-electron chi connectivity index (χ1n) is 31.1. The number of carbonyl (C=O) groups is 4. The maximum absolute atomic E-state index is 12.8. The number of nitrogens with two attached hydrogens (primary N) is 1. The van der Waals surface area contributed by atoms with E-state index in [9.17, 15) is 62.7 Å². The van der Waals surface area contributed by atoms with Crippen molar-refractivity contribution in [1.29, 1.82) is 0 Å². The highest BCUT2D eigenvalue weighted by molar-refractivity contribution is 8.13. The Morgan fingerprint density at radius 3 is 1.80 bits per heavy atom. The summed E-state index contributed by atoms with van der Waals surface area (Å²) in [5.74, 6) is -1.39. The summed E-state index contributed by atoms with van der Waals surface area (Å²) in [6.07, 6.45) is 41.7. The molecular formula is C59H100N7O18P3S. The number of unbranched alkanes of at least 4 members (excludes halogenated alkanes) is 20. The van der Waals surface area contributed by atoms with E-state index in [-0.39, 0.29) is 59.6 Å². The molecule has 88 heavy (non-hydrogen) atoms. The zero-order valence-corrected chi connectivity index (χ0v) is 55.2. The van der Waals surface area contributed by atoms with Crippen LogP contribution in [0.25, 0.3) is 11.2 Å². The molecule has 25 nitrogen and oxygen atoms in total. The molecular weight excluding hydrogens is 1220 g/mol. The van der Waals surface area contributed by atoms with Crippen LogP contribution in [0.2, 0.25) is 0 Å². The summed E-state index contributed by atoms with van der Waals surface area (Å²) >= 11 is 0.944. The smallest absolute Gasteiger partial charge is 0.386 e. The van der Waals surface area contributed by atoms with Gasteiger partial charge in [-0.3, -0.25) is 37.3 Å². The Morgan fingerprint density at radius 2 is 1.24 bits per heavy atom. The van der Waals surface area contributed by atoms with Crippen molar-refractivity contribution in [3.63, 3.8) is 0 Å². The molecule has 3 rings (SSSR count). The third-order valence-corrected chi connectivity index (χ3v) is 18.4. The third kappa shape index (κ3) is 34.6. The number of nitrogens with one attached hydrogen (secondary N) is 2. The maximum atomic E-state index is 12.8. The highest BCUT2D eigenvalue weighted by atomic mass is 32.2. The Morgan fingerprint density at radius 1 is 0.716 bits per heavy atom. The molecule has 2 aromatic rings. The zero-order valence-electron chi connectivity index (χ0n) is 51.7. The van der Waals surface area contributed by atoms with Crippen LogP contribution in [0.5, 0.6) is 0 Å². The first-order chi connectivity index (χ1) is 41.9. The highest BCUT2D eigenvalue weighted by Crippen LogP contribution is 2.61. The average Bonchev–Trinajstić information content (AvgIpc) is 2.62. The molecule has 29 heteroatoms. The number of imidazole rings is 1. The summed E-state index contributed by atoms with van der Waals surface area (Å²) in [6.45, 7) is 2.58. The minimum absolute atomic E-state index is 0.0264. The molecule has 500 valence electrons. The molecule has 0 aliphatic carbocycles. The summed E-state index contributed by atoms with van der Waals surface area (Å²) in [7, 11) is -16.5. The maximum Gasteiger partial charge on any atom is 0.481 e. The van der Waals surface area contributed by atoms with Crippen LogP contribution in [-0.2, 0) is 55.5 Å². The topological polar surface area (TPSA) is 381 Å². The van der Waals surface area contributed by atoms with Crippen LogP contribution in [0.4, 0.5) is 5.82 Å². The van der Waals surface area contributed by atoms with Crippen molar-refractivity contribution in [2.24, 2.45) is 5.41 Å². The number of phosphoric ester groups is 3. The molecule has 7 atom stereocenters. The minimum Gasteiger partial charge on any atom is -0.386 e. The number of nitrogens with zero attached hydrogens (tertiary/aromatic N) is 4. The molecule has 0 spiro atoms. The number of Topliss-reactive ketones (excluding diaryl/α,β-unsaturated/α-hetero) is 1. The third-order valence-electron chi connectivity index (χ3n) is 14.4.